The van der Waals surface area contributed by atoms with Gasteiger partial charge in [0.2, 0.25) is 0 Å². The van der Waals surface area contributed by atoms with Gasteiger partial charge in [0.15, 0.2) is 5.96 Å². The van der Waals surface area contributed by atoms with Gasteiger partial charge in [-0.2, -0.15) is 0 Å². The van der Waals surface area contributed by atoms with Crippen molar-refractivity contribution in [1.29, 1.82) is 0 Å². The van der Waals surface area contributed by atoms with Crippen molar-refractivity contribution in [2.75, 3.05) is 32.8 Å². The average molecular weight is 452 g/mol. The molecule has 8 heteroatoms. The minimum Gasteiger partial charge on any atom is -0.382 e. The molecule has 1 aromatic rings. The molecule has 23 heavy (non-hydrogen) atoms. The highest BCUT2D eigenvalue weighted by atomic mass is 79.9. The quantitative estimate of drug-likeness (QED) is 0.304. The minimum atomic E-state index is -0.110. The van der Waals surface area contributed by atoms with Gasteiger partial charge < -0.3 is 21.1 Å². The van der Waals surface area contributed by atoms with Gasteiger partial charge in [-0.25, -0.2) is 0 Å². The number of nitrogens with two attached hydrogens (primary N) is 1. The molecule has 0 saturated carbocycles. The number of hydrogen-bond acceptors (Lipinski definition) is 3. The molecule has 0 atom stereocenters. The molecule has 130 valence electrons. The average Bonchev–Trinajstić information content (AvgIpc) is 2.52. The first-order valence-corrected chi connectivity index (χ1v) is 8.08. The fraction of sp³-hybridized carbons (Fsp3) is 0.467. The van der Waals surface area contributed by atoms with Crippen LogP contribution in [-0.4, -0.2) is 44.7 Å². The first kappa shape index (κ1) is 21.9. The molecule has 0 saturated heterocycles. The highest BCUT2D eigenvalue weighted by Crippen LogP contribution is 2.10. The predicted molar refractivity (Wildman–Crippen MR) is 102 cm³/mol. The van der Waals surface area contributed by atoms with Gasteiger partial charge in [0, 0.05) is 42.9 Å². The number of guanidine groups is 1. The van der Waals surface area contributed by atoms with Gasteiger partial charge in [0.05, 0.1) is 0 Å². The summed E-state index contributed by atoms with van der Waals surface area (Å²) >= 11 is 3.33. The van der Waals surface area contributed by atoms with Crippen LogP contribution in [0.25, 0.3) is 0 Å². The molecule has 0 fully saturated rings. The Morgan fingerprint density at radius 2 is 1.91 bits per heavy atom. The van der Waals surface area contributed by atoms with E-state index < -0.39 is 0 Å². The van der Waals surface area contributed by atoms with E-state index in [0.29, 0.717) is 37.8 Å². The SMILES string of the molecule is Br.CCOCCCN=C(N)NCCNC(=O)c1ccc(Br)cc1. The zero-order valence-electron chi connectivity index (χ0n) is 13.2. The molecule has 0 spiro atoms. The fourth-order valence-corrected chi connectivity index (χ4v) is 1.90. The normalized spacial score (nSPS) is 10.8. The van der Waals surface area contributed by atoms with Crippen molar-refractivity contribution in [3.8, 4) is 0 Å². The second-order valence-corrected chi connectivity index (χ2v) is 5.42. The van der Waals surface area contributed by atoms with Gasteiger partial charge in [-0.15, -0.1) is 17.0 Å². The number of nitrogens with zero attached hydrogens (tertiary/aromatic N) is 1. The lowest BCUT2D eigenvalue weighted by atomic mass is 10.2. The summed E-state index contributed by atoms with van der Waals surface area (Å²) in [6.45, 7) is 5.00. The molecule has 1 aromatic carbocycles. The van der Waals surface area contributed by atoms with Gasteiger partial charge >= 0.3 is 0 Å². The van der Waals surface area contributed by atoms with Crippen LogP contribution in [0.1, 0.15) is 23.7 Å². The second-order valence-electron chi connectivity index (χ2n) is 4.51. The van der Waals surface area contributed by atoms with E-state index in [-0.39, 0.29) is 22.9 Å². The summed E-state index contributed by atoms with van der Waals surface area (Å²) in [5.41, 5.74) is 6.34. The Hall–Kier alpha value is -1.12. The summed E-state index contributed by atoms with van der Waals surface area (Å²) in [5, 5.41) is 5.76. The van der Waals surface area contributed by atoms with Crippen LogP contribution in [0.15, 0.2) is 33.7 Å². The van der Waals surface area contributed by atoms with Gasteiger partial charge in [-0.1, -0.05) is 15.9 Å². The minimum absolute atomic E-state index is 0. The number of rotatable bonds is 9. The number of hydrogen-bond donors (Lipinski definition) is 3. The first-order valence-electron chi connectivity index (χ1n) is 7.28. The van der Waals surface area contributed by atoms with Crippen molar-refractivity contribution in [3.63, 3.8) is 0 Å². The molecule has 0 aliphatic carbocycles. The van der Waals surface area contributed by atoms with Crippen LogP contribution in [-0.2, 0) is 4.74 Å². The molecular weight excluding hydrogens is 428 g/mol. The van der Waals surface area contributed by atoms with Crippen molar-refractivity contribution < 1.29 is 9.53 Å². The third kappa shape index (κ3) is 10.3. The van der Waals surface area contributed by atoms with E-state index in [9.17, 15) is 4.79 Å². The molecule has 0 aliphatic heterocycles. The Morgan fingerprint density at radius 1 is 1.26 bits per heavy atom. The van der Waals surface area contributed by atoms with Gasteiger partial charge in [0.1, 0.15) is 0 Å². The zero-order chi connectivity index (χ0) is 16.2. The lowest BCUT2D eigenvalue weighted by Crippen LogP contribution is -2.38. The number of aliphatic imine (C=N–C) groups is 1. The van der Waals surface area contributed by atoms with E-state index in [0.717, 1.165) is 17.5 Å². The summed E-state index contributed by atoms with van der Waals surface area (Å²) < 4.78 is 6.15. The number of amides is 1. The summed E-state index contributed by atoms with van der Waals surface area (Å²) in [5.74, 6) is 0.274. The largest absolute Gasteiger partial charge is 0.382 e. The fourth-order valence-electron chi connectivity index (χ4n) is 1.64. The Kier molecular flexibility index (Phi) is 12.7. The molecule has 1 rings (SSSR count). The molecule has 0 unspecified atom stereocenters. The first-order chi connectivity index (χ1) is 10.6. The zero-order valence-corrected chi connectivity index (χ0v) is 16.5. The Labute approximate surface area is 156 Å². The van der Waals surface area contributed by atoms with Crippen LogP contribution in [0.3, 0.4) is 0 Å². The summed E-state index contributed by atoms with van der Waals surface area (Å²) in [6, 6.07) is 7.20. The maximum absolute atomic E-state index is 11.8. The Morgan fingerprint density at radius 3 is 2.57 bits per heavy atom. The monoisotopic (exact) mass is 450 g/mol. The van der Waals surface area contributed by atoms with Gasteiger partial charge in [-0.05, 0) is 37.6 Å². The molecule has 0 radical (unpaired) electrons. The summed E-state index contributed by atoms with van der Waals surface area (Å²) in [4.78, 5) is 16.0. The smallest absolute Gasteiger partial charge is 0.251 e. The molecular formula is C15H24Br2N4O2. The van der Waals surface area contributed by atoms with Gasteiger partial charge in [-0.3, -0.25) is 9.79 Å². The number of halogens is 2. The van der Waals surface area contributed by atoms with Crippen LogP contribution >= 0.6 is 32.9 Å². The predicted octanol–water partition coefficient (Wildman–Crippen LogP) is 2.09. The molecule has 0 aliphatic rings. The Balaban J connectivity index is 0.00000484. The number of benzene rings is 1. The summed E-state index contributed by atoms with van der Waals surface area (Å²) in [6.07, 6.45) is 0.844. The van der Waals surface area contributed by atoms with E-state index in [1.165, 1.54) is 0 Å². The lowest BCUT2D eigenvalue weighted by Gasteiger charge is -2.08. The van der Waals surface area contributed by atoms with Crippen LogP contribution in [0, 0.1) is 0 Å². The third-order valence-electron chi connectivity index (χ3n) is 2.76. The van der Waals surface area contributed by atoms with Crippen LogP contribution in [0.4, 0.5) is 0 Å². The second kappa shape index (κ2) is 13.3. The van der Waals surface area contributed by atoms with E-state index in [1.807, 2.05) is 19.1 Å². The molecule has 0 aromatic heterocycles. The summed E-state index contributed by atoms with van der Waals surface area (Å²) in [7, 11) is 0. The van der Waals surface area contributed by atoms with Gasteiger partial charge in [0.25, 0.3) is 5.91 Å². The van der Waals surface area contributed by atoms with E-state index in [4.69, 9.17) is 10.5 Å². The Bertz CT molecular complexity index is 481. The molecule has 6 nitrogen and oxygen atoms in total. The highest BCUT2D eigenvalue weighted by molar-refractivity contribution is 9.10. The van der Waals surface area contributed by atoms with Crippen LogP contribution in [0.5, 0.6) is 0 Å². The maximum atomic E-state index is 11.8. The number of carbonyl (C=O) groups is 1. The van der Waals surface area contributed by atoms with E-state index >= 15 is 0 Å². The van der Waals surface area contributed by atoms with E-state index in [1.54, 1.807) is 12.1 Å². The molecule has 0 heterocycles. The lowest BCUT2D eigenvalue weighted by molar-refractivity contribution is 0.0954. The van der Waals surface area contributed by atoms with Crippen LogP contribution in [0.2, 0.25) is 0 Å². The van der Waals surface area contributed by atoms with Crippen molar-refractivity contribution in [2.24, 2.45) is 10.7 Å². The molecule has 4 N–H and O–H groups in total. The molecule has 1 amide bonds. The molecule has 0 bridgehead atoms. The number of nitrogens with one attached hydrogen (secondary N) is 2. The van der Waals surface area contributed by atoms with Crippen molar-refractivity contribution in [3.05, 3.63) is 34.3 Å². The highest BCUT2D eigenvalue weighted by Gasteiger charge is 2.03. The topological polar surface area (TPSA) is 88.7 Å². The third-order valence-corrected chi connectivity index (χ3v) is 3.28. The van der Waals surface area contributed by atoms with Crippen molar-refractivity contribution >= 4 is 44.8 Å². The van der Waals surface area contributed by atoms with E-state index in [2.05, 4.69) is 31.6 Å². The number of ether oxygens (including phenoxy) is 1. The number of carbonyl (C=O) groups excluding carboxylic acids is 1. The van der Waals surface area contributed by atoms with Crippen LogP contribution < -0.4 is 16.4 Å². The van der Waals surface area contributed by atoms with Crippen molar-refractivity contribution in [1.82, 2.24) is 10.6 Å². The standard InChI is InChI=1S/C15H23BrN4O2.BrH/c1-2-22-11-3-8-19-15(17)20-10-9-18-14(21)12-4-6-13(16)7-5-12;/h4-7H,2-3,8-11H2,1H3,(H,18,21)(H3,17,19,20);1H. The maximum Gasteiger partial charge on any atom is 0.251 e. The van der Waals surface area contributed by atoms with Crippen molar-refractivity contribution in [2.45, 2.75) is 13.3 Å².